The highest BCUT2D eigenvalue weighted by Crippen LogP contribution is 2.28. The summed E-state index contributed by atoms with van der Waals surface area (Å²) < 4.78 is 4.96. The van der Waals surface area contributed by atoms with E-state index in [-0.39, 0.29) is 17.2 Å². The zero-order valence-electron chi connectivity index (χ0n) is 8.10. The number of benzene rings is 1. The first kappa shape index (κ1) is 9.45. The summed E-state index contributed by atoms with van der Waals surface area (Å²) in [6.45, 7) is 1.41. The monoisotopic (exact) mass is 203 g/mol. The lowest BCUT2D eigenvalue weighted by atomic mass is 10.1. The fourth-order valence-electron chi connectivity index (χ4n) is 1.25. The third-order valence-electron chi connectivity index (χ3n) is 2.04. The summed E-state index contributed by atoms with van der Waals surface area (Å²) >= 11 is 0. The molecule has 1 aromatic carbocycles. The minimum Gasteiger partial charge on any atom is -0.507 e. The second kappa shape index (κ2) is 3.57. The van der Waals surface area contributed by atoms with E-state index in [9.17, 15) is 9.90 Å². The number of aromatic nitrogens is 1. The van der Waals surface area contributed by atoms with Gasteiger partial charge < -0.3 is 9.63 Å². The molecule has 0 unspecified atom stereocenters. The topological polar surface area (TPSA) is 63.3 Å². The molecule has 0 bridgehead atoms. The molecule has 0 aliphatic rings. The van der Waals surface area contributed by atoms with E-state index in [2.05, 4.69) is 5.16 Å². The zero-order valence-corrected chi connectivity index (χ0v) is 8.10. The van der Waals surface area contributed by atoms with Crippen molar-refractivity contribution in [3.8, 4) is 17.1 Å². The first-order valence-corrected chi connectivity index (χ1v) is 4.44. The first-order valence-electron chi connectivity index (χ1n) is 4.44. The third-order valence-corrected chi connectivity index (χ3v) is 2.04. The van der Waals surface area contributed by atoms with Gasteiger partial charge in [0, 0.05) is 13.0 Å². The Morgan fingerprint density at radius 3 is 2.73 bits per heavy atom. The molecule has 0 aliphatic heterocycles. The van der Waals surface area contributed by atoms with Gasteiger partial charge in [-0.1, -0.05) is 17.3 Å². The Balaban J connectivity index is 2.46. The fraction of sp³-hybridized carbons (Fsp3) is 0.0909. The lowest BCUT2D eigenvalue weighted by Crippen LogP contribution is -1.89. The quantitative estimate of drug-likeness (QED) is 0.760. The molecule has 0 saturated carbocycles. The molecule has 0 fully saturated rings. The van der Waals surface area contributed by atoms with Crippen LogP contribution in [0.15, 0.2) is 34.9 Å². The van der Waals surface area contributed by atoms with E-state index in [4.69, 9.17) is 4.52 Å². The van der Waals surface area contributed by atoms with Gasteiger partial charge in [-0.2, -0.15) is 0 Å². The lowest BCUT2D eigenvalue weighted by molar-refractivity contribution is 0.100. The minimum atomic E-state index is -0.166. The fourth-order valence-corrected chi connectivity index (χ4v) is 1.25. The second-order valence-electron chi connectivity index (χ2n) is 3.15. The predicted molar refractivity (Wildman–Crippen MR) is 53.6 cm³/mol. The number of phenols is 1. The molecule has 0 atom stereocenters. The van der Waals surface area contributed by atoms with Gasteiger partial charge in [0.1, 0.15) is 11.4 Å². The van der Waals surface area contributed by atoms with Crippen LogP contribution in [0.3, 0.4) is 0 Å². The van der Waals surface area contributed by atoms with Crippen LogP contribution in [0.2, 0.25) is 0 Å². The highest BCUT2D eigenvalue weighted by molar-refractivity contribution is 5.93. The number of phenolic OH excluding ortho intramolecular Hbond substituents is 1. The molecule has 2 aromatic rings. The van der Waals surface area contributed by atoms with Crippen LogP contribution >= 0.6 is 0 Å². The van der Waals surface area contributed by atoms with Gasteiger partial charge in [0.15, 0.2) is 11.5 Å². The molecule has 15 heavy (non-hydrogen) atoms. The van der Waals surface area contributed by atoms with Gasteiger partial charge >= 0.3 is 0 Å². The van der Waals surface area contributed by atoms with Crippen molar-refractivity contribution in [2.24, 2.45) is 0 Å². The smallest absolute Gasteiger partial charge is 0.181 e. The maximum atomic E-state index is 11.0. The molecule has 0 aliphatic carbocycles. The van der Waals surface area contributed by atoms with Crippen LogP contribution < -0.4 is 0 Å². The molecule has 0 saturated heterocycles. The molecule has 4 heteroatoms. The maximum absolute atomic E-state index is 11.0. The zero-order chi connectivity index (χ0) is 10.8. The second-order valence-corrected chi connectivity index (χ2v) is 3.15. The Bertz CT molecular complexity index is 502. The van der Waals surface area contributed by atoms with Crippen molar-refractivity contribution >= 4 is 5.78 Å². The van der Waals surface area contributed by atoms with Crippen LogP contribution in [0.25, 0.3) is 11.3 Å². The van der Waals surface area contributed by atoms with Gasteiger partial charge in [-0.25, -0.2) is 0 Å². The highest BCUT2D eigenvalue weighted by atomic mass is 16.5. The predicted octanol–water partition coefficient (Wildman–Crippen LogP) is 2.25. The van der Waals surface area contributed by atoms with Crippen molar-refractivity contribution < 1.29 is 14.4 Å². The van der Waals surface area contributed by atoms with Crippen LogP contribution in [0.1, 0.15) is 17.4 Å². The maximum Gasteiger partial charge on any atom is 0.181 e. The van der Waals surface area contributed by atoms with Crippen LogP contribution in [-0.2, 0) is 0 Å². The number of hydrogen-bond donors (Lipinski definition) is 1. The molecule has 2 rings (SSSR count). The van der Waals surface area contributed by atoms with E-state index in [1.54, 1.807) is 24.3 Å². The van der Waals surface area contributed by atoms with Gasteiger partial charge in [-0.05, 0) is 12.1 Å². The standard InChI is InChI=1S/C11H9NO3/c1-7(13)9-6-11(15-12-9)8-4-2-3-5-10(8)14/h2-6,14H,1H3. The minimum absolute atomic E-state index is 0.101. The molecule has 0 radical (unpaired) electrons. The number of carbonyl (C=O) groups is 1. The number of para-hydroxylation sites is 1. The molecule has 4 nitrogen and oxygen atoms in total. The largest absolute Gasteiger partial charge is 0.507 e. The van der Waals surface area contributed by atoms with Crippen LogP contribution in [0.4, 0.5) is 0 Å². The molecule has 1 N–H and O–H groups in total. The summed E-state index contributed by atoms with van der Waals surface area (Å²) in [6.07, 6.45) is 0. The van der Waals surface area contributed by atoms with Crippen LogP contribution in [0, 0.1) is 0 Å². The summed E-state index contributed by atoms with van der Waals surface area (Å²) in [5, 5.41) is 13.1. The van der Waals surface area contributed by atoms with Gasteiger partial charge in [0.2, 0.25) is 0 Å². The van der Waals surface area contributed by atoms with Crippen LogP contribution in [0.5, 0.6) is 5.75 Å². The van der Waals surface area contributed by atoms with Gasteiger partial charge in [0.25, 0.3) is 0 Å². The number of rotatable bonds is 2. The summed E-state index contributed by atoms with van der Waals surface area (Å²) in [5.74, 6) is 0.322. The number of aromatic hydroxyl groups is 1. The SMILES string of the molecule is CC(=O)c1cc(-c2ccccc2O)on1. The Morgan fingerprint density at radius 1 is 1.40 bits per heavy atom. The van der Waals surface area contributed by atoms with Crippen molar-refractivity contribution in [1.82, 2.24) is 5.16 Å². The van der Waals surface area contributed by atoms with Gasteiger partial charge in [0.05, 0.1) is 5.56 Å². The van der Waals surface area contributed by atoms with E-state index >= 15 is 0 Å². The summed E-state index contributed by atoms with van der Waals surface area (Å²) in [5.41, 5.74) is 0.783. The Hall–Kier alpha value is -2.10. The molecule has 76 valence electrons. The first-order chi connectivity index (χ1) is 7.18. The number of ketones is 1. The Labute approximate surface area is 86.1 Å². The van der Waals surface area contributed by atoms with Gasteiger partial charge in [-0.3, -0.25) is 4.79 Å². The molecule has 1 aromatic heterocycles. The summed E-state index contributed by atoms with van der Waals surface area (Å²) in [6, 6.07) is 8.23. The number of nitrogens with zero attached hydrogens (tertiary/aromatic N) is 1. The van der Waals surface area contributed by atoms with E-state index < -0.39 is 0 Å². The lowest BCUT2D eigenvalue weighted by Gasteiger charge is -1.97. The van der Waals surface area contributed by atoms with Crippen molar-refractivity contribution in [3.63, 3.8) is 0 Å². The summed E-state index contributed by atoms with van der Waals surface area (Å²) in [4.78, 5) is 11.0. The van der Waals surface area contributed by atoms with Crippen molar-refractivity contribution in [2.45, 2.75) is 6.92 Å². The van der Waals surface area contributed by atoms with Crippen molar-refractivity contribution in [1.29, 1.82) is 0 Å². The highest BCUT2D eigenvalue weighted by Gasteiger charge is 2.12. The van der Waals surface area contributed by atoms with E-state index in [0.717, 1.165) is 0 Å². The van der Waals surface area contributed by atoms with Crippen molar-refractivity contribution in [2.75, 3.05) is 0 Å². The number of Topliss-reactive ketones (excluding diaryl/α,β-unsaturated/α-hetero) is 1. The molecular weight excluding hydrogens is 194 g/mol. The average molecular weight is 203 g/mol. The van der Waals surface area contributed by atoms with E-state index in [1.165, 1.54) is 13.0 Å². The van der Waals surface area contributed by atoms with E-state index in [1.807, 2.05) is 0 Å². The van der Waals surface area contributed by atoms with Gasteiger partial charge in [-0.15, -0.1) is 0 Å². The molecule has 0 spiro atoms. The third kappa shape index (κ3) is 1.74. The normalized spacial score (nSPS) is 10.2. The summed E-state index contributed by atoms with van der Waals surface area (Å²) in [7, 11) is 0. The number of hydrogen-bond acceptors (Lipinski definition) is 4. The van der Waals surface area contributed by atoms with Crippen molar-refractivity contribution in [3.05, 3.63) is 36.0 Å². The molecular formula is C11H9NO3. The Kier molecular flexibility index (Phi) is 2.25. The van der Waals surface area contributed by atoms with Crippen LogP contribution in [-0.4, -0.2) is 16.0 Å². The average Bonchev–Trinajstić information content (AvgIpc) is 2.67. The Morgan fingerprint density at radius 2 is 2.13 bits per heavy atom. The molecule has 0 amide bonds. The van der Waals surface area contributed by atoms with E-state index in [0.29, 0.717) is 11.3 Å². The molecule has 1 heterocycles. The number of carbonyl (C=O) groups excluding carboxylic acids is 1.